The fraction of sp³-hybridized carbons (Fsp3) is 0.154. The van der Waals surface area contributed by atoms with Crippen molar-refractivity contribution in [1.29, 1.82) is 0 Å². The summed E-state index contributed by atoms with van der Waals surface area (Å²) in [7, 11) is 0. The Labute approximate surface area is 109 Å². The highest BCUT2D eigenvalue weighted by molar-refractivity contribution is 9.10. The molecule has 17 heavy (non-hydrogen) atoms. The Bertz CT molecular complexity index is 512. The summed E-state index contributed by atoms with van der Waals surface area (Å²) in [4.78, 5) is 4.27. The maximum Gasteiger partial charge on any atom is 0.140 e. The summed E-state index contributed by atoms with van der Waals surface area (Å²) in [5.41, 5.74) is 8.70. The van der Waals surface area contributed by atoms with Crippen molar-refractivity contribution in [2.45, 2.75) is 13.5 Å². The van der Waals surface area contributed by atoms with E-state index in [0.717, 1.165) is 22.4 Å². The average Bonchev–Trinajstić information content (AvgIpc) is 2.36. The smallest absolute Gasteiger partial charge is 0.140 e. The summed E-state index contributed by atoms with van der Waals surface area (Å²) >= 11 is 3.50. The van der Waals surface area contributed by atoms with Gasteiger partial charge in [-0.2, -0.15) is 0 Å². The van der Waals surface area contributed by atoms with E-state index in [0.29, 0.717) is 5.69 Å². The molecule has 3 nitrogen and oxygen atoms in total. The molecule has 0 aliphatic carbocycles. The van der Waals surface area contributed by atoms with Crippen LogP contribution in [-0.4, -0.2) is 4.98 Å². The molecule has 0 saturated heterocycles. The van der Waals surface area contributed by atoms with E-state index in [1.165, 1.54) is 5.56 Å². The fourth-order valence-electron chi connectivity index (χ4n) is 1.50. The summed E-state index contributed by atoms with van der Waals surface area (Å²) < 4.78 is 0.924. The third-order valence-electron chi connectivity index (χ3n) is 2.61. The Hall–Kier alpha value is -1.55. The van der Waals surface area contributed by atoms with Crippen LogP contribution in [0.2, 0.25) is 0 Å². The standard InChI is InChI=1S/C13H14BrN3/c1-9-11(15)8-17-13(12(9)14)16-7-10-5-3-2-4-6-10/h2-6,8H,7,15H2,1H3,(H,16,17). The monoisotopic (exact) mass is 291 g/mol. The van der Waals surface area contributed by atoms with Crippen LogP contribution in [-0.2, 0) is 6.54 Å². The molecule has 0 amide bonds. The van der Waals surface area contributed by atoms with Crippen LogP contribution in [0.3, 0.4) is 0 Å². The van der Waals surface area contributed by atoms with Crippen LogP contribution in [0.4, 0.5) is 11.5 Å². The number of nitrogen functional groups attached to an aromatic ring is 1. The third-order valence-corrected chi connectivity index (χ3v) is 3.58. The number of benzene rings is 1. The predicted octanol–water partition coefficient (Wildman–Crippen LogP) is 3.35. The highest BCUT2D eigenvalue weighted by atomic mass is 79.9. The Morgan fingerprint density at radius 3 is 2.71 bits per heavy atom. The van der Waals surface area contributed by atoms with Crippen LogP contribution >= 0.6 is 15.9 Å². The van der Waals surface area contributed by atoms with Gasteiger partial charge in [-0.3, -0.25) is 0 Å². The molecule has 0 spiro atoms. The zero-order valence-electron chi connectivity index (χ0n) is 9.57. The minimum absolute atomic E-state index is 0.696. The van der Waals surface area contributed by atoms with Crippen LogP contribution in [0.25, 0.3) is 0 Å². The number of halogens is 1. The third kappa shape index (κ3) is 2.77. The molecule has 88 valence electrons. The number of pyridine rings is 1. The lowest BCUT2D eigenvalue weighted by molar-refractivity contribution is 1.10. The Morgan fingerprint density at radius 1 is 1.29 bits per heavy atom. The molecule has 0 bridgehead atoms. The first-order valence-electron chi connectivity index (χ1n) is 5.37. The predicted molar refractivity (Wildman–Crippen MR) is 74.9 cm³/mol. The summed E-state index contributed by atoms with van der Waals surface area (Å²) in [5, 5.41) is 3.28. The van der Waals surface area contributed by atoms with Crippen molar-refractivity contribution in [1.82, 2.24) is 4.98 Å². The van der Waals surface area contributed by atoms with Gasteiger partial charge in [-0.1, -0.05) is 30.3 Å². The molecule has 2 rings (SSSR count). The lowest BCUT2D eigenvalue weighted by atomic mass is 10.2. The molecular formula is C13H14BrN3. The molecule has 0 aliphatic heterocycles. The molecule has 0 radical (unpaired) electrons. The maximum absolute atomic E-state index is 5.78. The van der Waals surface area contributed by atoms with Crippen LogP contribution in [0.1, 0.15) is 11.1 Å². The van der Waals surface area contributed by atoms with Crippen molar-refractivity contribution in [2.24, 2.45) is 0 Å². The molecule has 0 atom stereocenters. The molecule has 4 heteroatoms. The molecule has 0 aliphatic rings. The van der Waals surface area contributed by atoms with Crippen LogP contribution in [0.15, 0.2) is 41.0 Å². The van der Waals surface area contributed by atoms with E-state index >= 15 is 0 Å². The number of aromatic nitrogens is 1. The lowest BCUT2D eigenvalue weighted by Gasteiger charge is -2.10. The largest absolute Gasteiger partial charge is 0.397 e. The van der Waals surface area contributed by atoms with Gasteiger partial charge in [-0.05, 0) is 34.0 Å². The summed E-state index contributed by atoms with van der Waals surface area (Å²) in [5.74, 6) is 0.820. The van der Waals surface area contributed by atoms with E-state index in [9.17, 15) is 0 Å². The fourth-order valence-corrected chi connectivity index (χ4v) is 1.97. The molecule has 2 aromatic rings. The van der Waals surface area contributed by atoms with Crippen molar-refractivity contribution in [3.63, 3.8) is 0 Å². The van der Waals surface area contributed by atoms with Gasteiger partial charge in [-0.25, -0.2) is 4.98 Å². The topological polar surface area (TPSA) is 50.9 Å². The second-order valence-electron chi connectivity index (χ2n) is 3.84. The van der Waals surface area contributed by atoms with Crippen LogP contribution in [0, 0.1) is 6.92 Å². The number of anilines is 2. The highest BCUT2D eigenvalue weighted by Gasteiger charge is 2.06. The Balaban J connectivity index is 2.13. The molecule has 1 heterocycles. The van der Waals surface area contributed by atoms with Gasteiger partial charge in [0.25, 0.3) is 0 Å². The molecule has 1 aromatic carbocycles. The van der Waals surface area contributed by atoms with E-state index in [-0.39, 0.29) is 0 Å². The summed E-state index contributed by atoms with van der Waals surface area (Å²) in [6, 6.07) is 10.2. The number of nitrogens with one attached hydrogen (secondary N) is 1. The first kappa shape index (κ1) is 11.9. The Morgan fingerprint density at radius 2 is 2.00 bits per heavy atom. The van der Waals surface area contributed by atoms with Crippen molar-refractivity contribution in [3.05, 3.63) is 52.1 Å². The number of nitrogens with two attached hydrogens (primary N) is 1. The molecular weight excluding hydrogens is 278 g/mol. The SMILES string of the molecule is Cc1c(N)cnc(NCc2ccccc2)c1Br. The quantitative estimate of drug-likeness (QED) is 0.912. The van der Waals surface area contributed by atoms with Crippen molar-refractivity contribution in [3.8, 4) is 0 Å². The van der Waals surface area contributed by atoms with Crippen LogP contribution in [0.5, 0.6) is 0 Å². The van der Waals surface area contributed by atoms with Gasteiger partial charge in [0.15, 0.2) is 0 Å². The maximum atomic E-state index is 5.78. The van der Waals surface area contributed by atoms with Gasteiger partial charge in [0.1, 0.15) is 5.82 Å². The van der Waals surface area contributed by atoms with Gasteiger partial charge in [0.05, 0.1) is 16.4 Å². The zero-order chi connectivity index (χ0) is 12.3. The number of hydrogen-bond donors (Lipinski definition) is 2. The first-order valence-corrected chi connectivity index (χ1v) is 6.16. The number of hydrogen-bond acceptors (Lipinski definition) is 3. The number of nitrogens with zero attached hydrogens (tertiary/aromatic N) is 1. The zero-order valence-corrected chi connectivity index (χ0v) is 11.2. The molecule has 0 unspecified atom stereocenters. The van der Waals surface area contributed by atoms with Crippen molar-refractivity contribution >= 4 is 27.4 Å². The average molecular weight is 292 g/mol. The highest BCUT2D eigenvalue weighted by Crippen LogP contribution is 2.27. The minimum Gasteiger partial charge on any atom is -0.397 e. The van der Waals surface area contributed by atoms with Gasteiger partial charge >= 0.3 is 0 Å². The molecule has 1 aromatic heterocycles. The van der Waals surface area contributed by atoms with Gasteiger partial charge < -0.3 is 11.1 Å². The minimum atomic E-state index is 0.696. The van der Waals surface area contributed by atoms with Crippen LogP contribution < -0.4 is 11.1 Å². The van der Waals surface area contributed by atoms with Crippen molar-refractivity contribution < 1.29 is 0 Å². The molecule has 0 saturated carbocycles. The number of rotatable bonds is 3. The van der Waals surface area contributed by atoms with E-state index in [1.54, 1.807) is 6.20 Å². The van der Waals surface area contributed by atoms with E-state index in [1.807, 2.05) is 25.1 Å². The normalized spacial score (nSPS) is 10.2. The molecule has 0 fully saturated rings. The second-order valence-corrected chi connectivity index (χ2v) is 4.63. The Kier molecular flexibility index (Phi) is 3.64. The van der Waals surface area contributed by atoms with Gasteiger partial charge in [0, 0.05) is 6.54 Å². The van der Waals surface area contributed by atoms with E-state index in [4.69, 9.17) is 5.73 Å². The lowest BCUT2D eigenvalue weighted by Crippen LogP contribution is -2.04. The van der Waals surface area contributed by atoms with Crippen molar-refractivity contribution in [2.75, 3.05) is 11.1 Å². The van der Waals surface area contributed by atoms with E-state index in [2.05, 4.69) is 38.4 Å². The molecule has 3 N–H and O–H groups in total. The summed E-state index contributed by atoms with van der Waals surface area (Å²) in [6.45, 7) is 2.71. The van der Waals surface area contributed by atoms with Gasteiger partial charge in [0.2, 0.25) is 0 Å². The summed E-state index contributed by atoms with van der Waals surface area (Å²) in [6.07, 6.45) is 1.67. The van der Waals surface area contributed by atoms with Gasteiger partial charge in [-0.15, -0.1) is 0 Å². The first-order chi connectivity index (χ1) is 8.18. The second kappa shape index (κ2) is 5.19. The van der Waals surface area contributed by atoms with E-state index < -0.39 is 0 Å².